The van der Waals surface area contributed by atoms with Gasteiger partial charge in [-0.05, 0) is 19.9 Å². The van der Waals surface area contributed by atoms with E-state index in [0.29, 0.717) is 13.1 Å². The highest BCUT2D eigenvalue weighted by Gasteiger charge is 2.23. The number of nitrogens with zero attached hydrogens (tertiary/aromatic N) is 2. The van der Waals surface area contributed by atoms with Gasteiger partial charge in [-0.25, -0.2) is 0 Å². The van der Waals surface area contributed by atoms with Crippen LogP contribution in [0.1, 0.15) is 19.5 Å². The van der Waals surface area contributed by atoms with Crippen molar-refractivity contribution in [1.29, 1.82) is 0 Å². The van der Waals surface area contributed by atoms with Gasteiger partial charge in [-0.15, -0.1) is 0 Å². The zero-order chi connectivity index (χ0) is 11.5. The minimum Gasteiger partial charge on any atom is -0.354 e. The highest BCUT2D eigenvalue weighted by atomic mass is 16.2. The van der Waals surface area contributed by atoms with Crippen molar-refractivity contribution in [3.63, 3.8) is 0 Å². The molecule has 1 amide bonds. The number of hydrogen-bond donors (Lipinski definition) is 2. The smallest absolute Gasteiger partial charge is 0.226 e. The summed E-state index contributed by atoms with van der Waals surface area (Å²) in [7, 11) is 0. The highest BCUT2D eigenvalue weighted by molar-refractivity contribution is 5.79. The quantitative estimate of drug-likeness (QED) is 0.747. The molecule has 0 saturated heterocycles. The third-order valence-corrected chi connectivity index (χ3v) is 2.70. The summed E-state index contributed by atoms with van der Waals surface area (Å²) in [4.78, 5) is 11.9. The molecule has 5 nitrogen and oxygen atoms in total. The first-order valence-corrected chi connectivity index (χ1v) is 5.68. The van der Waals surface area contributed by atoms with Crippen molar-refractivity contribution in [2.24, 2.45) is 5.92 Å². The molecule has 1 aliphatic rings. The molecule has 0 spiro atoms. The standard InChI is InChI=1S/C11H18N4O/c1-8(2)14-11(16)9-5-12-6-10-3-4-13-15(10)7-9/h3-4,8-9,12H,5-7H2,1-2H3,(H,14,16)/t9-/m1/s1. The van der Waals surface area contributed by atoms with Crippen molar-refractivity contribution in [2.45, 2.75) is 33.0 Å². The van der Waals surface area contributed by atoms with E-state index in [9.17, 15) is 4.79 Å². The second kappa shape index (κ2) is 4.65. The third kappa shape index (κ3) is 2.41. The van der Waals surface area contributed by atoms with Crippen LogP contribution in [0.4, 0.5) is 0 Å². The normalized spacial score (nSPS) is 20.3. The summed E-state index contributed by atoms with van der Waals surface area (Å²) < 4.78 is 1.91. The molecule has 2 heterocycles. The van der Waals surface area contributed by atoms with E-state index < -0.39 is 0 Å². The van der Waals surface area contributed by atoms with Crippen LogP contribution >= 0.6 is 0 Å². The molecule has 5 heteroatoms. The zero-order valence-corrected chi connectivity index (χ0v) is 9.73. The van der Waals surface area contributed by atoms with Gasteiger partial charge in [0.1, 0.15) is 0 Å². The van der Waals surface area contributed by atoms with E-state index in [1.807, 2.05) is 24.6 Å². The first-order chi connectivity index (χ1) is 7.66. The Labute approximate surface area is 95.2 Å². The Morgan fingerprint density at radius 2 is 2.50 bits per heavy atom. The van der Waals surface area contributed by atoms with Gasteiger partial charge in [0, 0.05) is 25.3 Å². The van der Waals surface area contributed by atoms with Crippen molar-refractivity contribution in [1.82, 2.24) is 20.4 Å². The average Bonchev–Trinajstić information content (AvgIpc) is 2.54. The van der Waals surface area contributed by atoms with Crippen LogP contribution in [0.5, 0.6) is 0 Å². The van der Waals surface area contributed by atoms with Gasteiger partial charge in [0.15, 0.2) is 0 Å². The van der Waals surface area contributed by atoms with E-state index in [1.54, 1.807) is 6.20 Å². The number of amides is 1. The van der Waals surface area contributed by atoms with Crippen LogP contribution in [0.15, 0.2) is 12.3 Å². The van der Waals surface area contributed by atoms with Crippen LogP contribution in [-0.4, -0.2) is 28.3 Å². The lowest BCUT2D eigenvalue weighted by Gasteiger charge is -2.16. The van der Waals surface area contributed by atoms with Gasteiger partial charge in [-0.3, -0.25) is 9.48 Å². The van der Waals surface area contributed by atoms with Gasteiger partial charge in [0.25, 0.3) is 0 Å². The second-order valence-corrected chi connectivity index (χ2v) is 4.50. The Bertz CT molecular complexity index is 372. The van der Waals surface area contributed by atoms with E-state index >= 15 is 0 Å². The van der Waals surface area contributed by atoms with Gasteiger partial charge in [-0.1, -0.05) is 0 Å². The summed E-state index contributed by atoms with van der Waals surface area (Å²) in [5.41, 5.74) is 1.14. The molecule has 88 valence electrons. The second-order valence-electron chi connectivity index (χ2n) is 4.50. The van der Waals surface area contributed by atoms with Crippen LogP contribution in [-0.2, 0) is 17.9 Å². The molecule has 0 unspecified atom stereocenters. The maximum absolute atomic E-state index is 11.9. The van der Waals surface area contributed by atoms with Crippen LogP contribution in [0, 0.1) is 5.92 Å². The Balaban J connectivity index is 2.05. The number of rotatable bonds is 2. The van der Waals surface area contributed by atoms with Gasteiger partial charge in [-0.2, -0.15) is 5.10 Å². The summed E-state index contributed by atoms with van der Waals surface area (Å²) in [6.07, 6.45) is 1.78. The van der Waals surface area contributed by atoms with Crippen molar-refractivity contribution in [3.8, 4) is 0 Å². The Morgan fingerprint density at radius 1 is 1.69 bits per heavy atom. The molecule has 2 rings (SSSR count). The fourth-order valence-corrected chi connectivity index (χ4v) is 1.90. The molecule has 0 saturated carbocycles. The largest absolute Gasteiger partial charge is 0.354 e. The Morgan fingerprint density at radius 3 is 3.25 bits per heavy atom. The Hall–Kier alpha value is -1.36. The van der Waals surface area contributed by atoms with Gasteiger partial charge in [0.05, 0.1) is 18.2 Å². The minimum absolute atomic E-state index is 0.0384. The molecule has 2 N–H and O–H groups in total. The van der Waals surface area contributed by atoms with Crippen LogP contribution in [0.3, 0.4) is 0 Å². The molecule has 0 bridgehead atoms. The number of nitrogens with one attached hydrogen (secondary N) is 2. The maximum atomic E-state index is 11.9. The monoisotopic (exact) mass is 222 g/mol. The van der Waals surface area contributed by atoms with Crippen molar-refractivity contribution < 1.29 is 4.79 Å². The number of hydrogen-bond acceptors (Lipinski definition) is 3. The first-order valence-electron chi connectivity index (χ1n) is 5.68. The molecule has 0 aliphatic carbocycles. The highest BCUT2D eigenvalue weighted by Crippen LogP contribution is 2.09. The molecule has 0 radical (unpaired) electrons. The van der Waals surface area contributed by atoms with E-state index in [-0.39, 0.29) is 17.9 Å². The molecular formula is C11H18N4O. The van der Waals surface area contributed by atoms with Crippen molar-refractivity contribution in [3.05, 3.63) is 18.0 Å². The molecule has 1 aromatic rings. The van der Waals surface area contributed by atoms with Gasteiger partial charge in [0.2, 0.25) is 5.91 Å². The van der Waals surface area contributed by atoms with E-state index in [1.165, 1.54) is 0 Å². The number of carbonyl (C=O) groups excluding carboxylic acids is 1. The van der Waals surface area contributed by atoms with Crippen LogP contribution < -0.4 is 10.6 Å². The maximum Gasteiger partial charge on any atom is 0.226 e. The molecule has 0 fully saturated rings. The van der Waals surface area contributed by atoms with Crippen LogP contribution in [0.25, 0.3) is 0 Å². The molecule has 1 atom stereocenters. The molecule has 1 aliphatic heterocycles. The SMILES string of the molecule is CC(C)NC(=O)[C@@H]1CNCc2ccnn2C1. The summed E-state index contributed by atoms with van der Waals surface area (Å²) in [6.45, 7) is 6.10. The minimum atomic E-state index is -0.0384. The predicted octanol–water partition coefficient (Wildman–Crippen LogP) is 0.127. The van der Waals surface area contributed by atoms with Gasteiger partial charge < -0.3 is 10.6 Å². The number of aromatic nitrogens is 2. The predicted molar refractivity (Wildman–Crippen MR) is 60.7 cm³/mol. The molecule has 0 aromatic carbocycles. The molecular weight excluding hydrogens is 204 g/mol. The molecule has 16 heavy (non-hydrogen) atoms. The molecule has 1 aromatic heterocycles. The number of fused-ring (bicyclic) bond motifs is 1. The fraction of sp³-hybridized carbons (Fsp3) is 0.636. The fourth-order valence-electron chi connectivity index (χ4n) is 1.90. The number of carbonyl (C=O) groups is 1. The summed E-state index contributed by atoms with van der Waals surface area (Å²) in [5.74, 6) is 0.0643. The zero-order valence-electron chi connectivity index (χ0n) is 9.73. The lowest BCUT2D eigenvalue weighted by Crippen LogP contribution is -2.40. The first kappa shape index (κ1) is 11.1. The van der Waals surface area contributed by atoms with E-state index in [2.05, 4.69) is 15.7 Å². The van der Waals surface area contributed by atoms with E-state index in [4.69, 9.17) is 0 Å². The van der Waals surface area contributed by atoms with Crippen molar-refractivity contribution >= 4 is 5.91 Å². The summed E-state index contributed by atoms with van der Waals surface area (Å²) >= 11 is 0. The average molecular weight is 222 g/mol. The van der Waals surface area contributed by atoms with Gasteiger partial charge >= 0.3 is 0 Å². The lowest BCUT2D eigenvalue weighted by atomic mass is 10.1. The lowest BCUT2D eigenvalue weighted by molar-refractivity contribution is -0.125. The van der Waals surface area contributed by atoms with E-state index in [0.717, 1.165) is 12.2 Å². The Kier molecular flexibility index (Phi) is 3.24. The third-order valence-electron chi connectivity index (χ3n) is 2.70. The van der Waals surface area contributed by atoms with Crippen LogP contribution in [0.2, 0.25) is 0 Å². The topological polar surface area (TPSA) is 59.0 Å². The summed E-state index contributed by atoms with van der Waals surface area (Å²) in [6, 6.07) is 2.17. The summed E-state index contributed by atoms with van der Waals surface area (Å²) in [5, 5.41) is 10.4. The van der Waals surface area contributed by atoms with Crippen molar-refractivity contribution in [2.75, 3.05) is 6.54 Å².